The third-order valence-corrected chi connectivity index (χ3v) is 6.54. The van der Waals surface area contributed by atoms with Gasteiger partial charge >= 0.3 is 0 Å². The molecular weight excluding hydrogens is 422 g/mol. The number of carbonyl (C=O) groups excluding carboxylic acids is 1. The number of thioether (sulfide) groups is 1. The maximum Gasteiger partial charge on any atom is 0.256 e. The van der Waals surface area contributed by atoms with Crippen molar-refractivity contribution in [2.24, 2.45) is 0 Å². The first kappa shape index (κ1) is 21.8. The number of aliphatic hydroxyl groups is 1. The van der Waals surface area contributed by atoms with Crippen molar-refractivity contribution in [1.29, 1.82) is 0 Å². The molecule has 3 aromatic carbocycles. The summed E-state index contributed by atoms with van der Waals surface area (Å²) in [5, 5.41) is 13.5. The van der Waals surface area contributed by atoms with Crippen LogP contribution in [0.25, 0.3) is 5.76 Å². The normalized spacial score (nSPS) is 12.8. The Morgan fingerprint density at radius 2 is 1.62 bits per heavy atom. The van der Waals surface area contributed by atoms with Crippen LogP contribution in [-0.4, -0.2) is 31.0 Å². The summed E-state index contributed by atoms with van der Waals surface area (Å²) in [6.45, 7) is 0. The highest BCUT2D eigenvalue weighted by molar-refractivity contribution is 7.99. The first-order valence-corrected chi connectivity index (χ1v) is 11.3. The van der Waals surface area contributed by atoms with Gasteiger partial charge in [-0.25, -0.2) is 0 Å². The highest BCUT2D eigenvalue weighted by atomic mass is 32.2. The summed E-state index contributed by atoms with van der Waals surface area (Å²) >= 11 is 1.56. The molecule has 0 saturated heterocycles. The number of benzene rings is 3. The first-order valence-electron chi connectivity index (χ1n) is 10.3. The predicted octanol–water partition coefficient (Wildman–Crippen LogP) is 5.50. The molecule has 1 aliphatic rings. The minimum atomic E-state index is -0.275. The highest BCUT2D eigenvalue weighted by Gasteiger charge is 2.23. The van der Waals surface area contributed by atoms with E-state index in [0.29, 0.717) is 22.6 Å². The molecule has 6 heteroatoms. The van der Waals surface area contributed by atoms with Crippen molar-refractivity contribution in [2.75, 3.05) is 25.3 Å². The smallest absolute Gasteiger partial charge is 0.256 e. The van der Waals surface area contributed by atoms with Gasteiger partial charge in [0.25, 0.3) is 5.91 Å². The molecular formula is C26H25NO4S. The van der Waals surface area contributed by atoms with E-state index >= 15 is 0 Å². The molecule has 0 aromatic heterocycles. The Kier molecular flexibility index (Phi) is 6.71. The van der Waals surface area contributed by atoms with Crippen LogP contribution >= 0.6 is 11.8 Å². The zero-order valence-electron chi connectivity index (χ0n) is 18.1. The number of fused-ring (bicyclic) bond motifs is 1. The summed E-state index contributed by atoms with van der Waals surface area (Å²) in [5.74, 6) is 1.67. The summed E-state index contributed by atoms with van der Waals surface area (Å²) in [6.07, 6.45) is 1.73. The van der Waals surface area contributed by atoms with Gasteiger partial charge in [-0.2, -0.15) is 0 Å². The number of hydrogen-bond donors (Lipinski definition) is 2. The molecule has 32 heavy (non-hydrogen) atoms. The van der Waals surface area contributed by atoms with E-state index in [4.69, 9.17) is 9.47 Å². The van der Waals surface area contributed by atoms with Gasteiger partial charge in [0.05, 0.1) is 19.8 Å². The van der Waals surface area contributed by atoms with E-state index in [1.165, 1.54) is 5.56 Å². The maximum absolute atomic E-state index is 12.7. The quantitative estimate of drug-likeness (QED) is 0.500. The molecule has 0 radical (unpaired) electrons. The molecule has 3 aromatic rings. The van der Waals surface area contributed by atoms with Gasteiger partial charge in [-0.3, -0.25) is 4.79 Å². The number of methoxy groups -OCH3 is 2. The van der Waals surface area contributed by atoms with Crippen LogP contribution in [0.4, 0.5) is 5.69 Å². The van der Waals surface area contributed by atoms with Gasteiger partial charge in [0.15, 0.2) is 11.5 Å². The average molecular weight is 448 g/mol. The number of rotatable bonds is 7. The van der Waals surface area contributed by atoms with Crippen LogP contribution in [0.1, 0.15) is 16.7 Å². The van der Waals surface area contributed by atoms with Gasteiger partial charge in [-0.1, -0.05) is 36.4 Å². The van der Waals surface area contributed by atoms with Crippen molar-refractivity contribution in [3.63, 3.8) is 0 Å². The van der Waals surface area contributed by atoms with E-state index in [-0.39, 0.29) is 11.7 Å². The molecule has 0 atom stereocenters. The van der Waals surface area contributed by atoms with Gasteiger partial charge in [-0.05, 0) is 54.3 Å². The Hall–Kier alpha value is -3.38. The Bertz CT molecular complexity index is 1150. The number of amides is 1. The van der Waals surface area contributed by atoms with Gasteiger partial charge < -0.3 is 19.9 Å². The van der Waals surface area contributed by atoms with Crippen LogP contribution in [0.3, 0.4) is 0 Å². The molecule has 0 unspecified atom stereocenters. The number of ether oxygens (including phenoxy) is 2. The molecule has 5 nitrogen and oxygen atoms in total. The van der Waals surface area contributed by atoms with Gasteiger partial charge in [0, 0.05) is 21.9 Å². The summed E-state index contributed by atoms with van der Waals surface area (Å²) in [5.41, 5.74) is 4.14. The van der Waals surface area contributed by atoms with Gasteiger partial charge in [-0.15, -0.1) is 11.8 Å². The lowest BCUT2D eigenvalue weighted by Gasteiger charge is -2.18. The summed E-state index contributed by atoms with van der Waals surface area (Å²) in [6, 6.07) is 21.3. The minimum Gasteiger partial charge on any atom is -0.507 e. The number of nitrogens with one attached hydrogen (secondary N) is 1. The molecule has 0 spiro atoms. The van der Waals surface area contributed by atoms with Crippen LogP contribution in [0, 0.1) is 0 Å². The van der Waals surface area contributed by atoms with Gasteiger partial charge in [0.1, 0.15) is 5.76 Å². The third kappa shape index (κ3) is 4.75. The fourth-order valence-corrected chi connectivity index (χ4v) is 4.69. The molecule has 4 rings (SSSR count). The van der Waals surface area contributed by atoms with Crippen molar-refractivity contribution >= 4 is 29.1 Å². The molecule has 164 valence electrons. The minimum absolute atomic E-state index is 0.0587. The summed E-state index contributed by atoms with van der Waals surface area (Å²) < 4.78 is 10.7. The summed E-state index contributed by atoms with van der Waals surface area (Å²) in [4.78, 5) is 13.7. The van der Waals surface area contributed by atoms with E-state index in [1.54, 1.807) is 26.0 Å². The average Bonchev–Trinajstić information content (AvgIpc) is 2.83. The molecule has 1 aliphatic heterocycles. The van der Waals surface area contributed by atoms with Crippen molar-refractivity contribution < 1.29 is 19.4 Å². The molecule has 2 N–H and O–H groups in total. The molecule has 0 fully saturated rings. The number of carbonyl (C=O) groups is 1. The van der Waals surface area contributed by atoms with Crippen molar-refractivity contribution in [3.05, 3.63) is 89.0 Å². The van der Waals surface area contributed by atoms with Crippen LogP contribution < -0.4 is 14.8 Å². The second-order valence-corrected chi connectivity index (χ2v) is 8.47. The standard InChI is InChI=1S/C26H25NO4S/c1-30-22-14-11-18(15-23(22)31-2)8-7-17-9-12-19(13-10-17)27-26(29)21-16-32-24-6-4-3-5-20(24)25(21)28/h3-6,9-15,28H,7-8,16H2,1-2H3,(H,27,29). The second-order valence-electron chi connectivity index (χ2n) is 7.45. The maximum atomic E-state index is 12.7. The Balaban J connectivity index is 1.39. The van der Waals surface area contributed by atoms with E-state index in [2.05, 4.69) is 5.32 Å². The number of aryl methyl sites for hydroxylation is 2. The van der Waals surface area contributed by atoms with Crippen molar-refractivity contribution in [2.45, 2.75) is 17.7 Å². The monoisotopic (exact) mass is 447 g/mol. The Labute approximate surface area is 192 Å². The van der Waals surface area contributed by atoms with Crippen LogP contribution in [0.15, 0.2) is 77.2 Å². The SMILES string of the molecule is COc1ccc(CCc2ccc(NC(=O)C3=C(O)c4ccccc4SC3)cc2)cc1OC. The van der Waals surface area contributed by atoms with E-state index in [0.717, 1.165) is 34.8 Å². The topological polar surface area (TPSA) is 67.8 Å². The lowest BCUT2D eigenvalue weighted by Crippen LogP contribution is -2.19. The third-order valence-electron chi connectivity index (χ3n) is 5.44. The van der Waals surface area contributed by atoms with E-state index < -0.39 is 0 Å². The van der Waals surface area contributed by atoms with E-state index in [1.807, 2.05) is 66.7 Å². The fraction of sp³-hybridized carbons (Fsp3) is 0.192. The largest absolute Gasteiger partial charge is 0.507 e. The summed E-state index contributed by atoms with van der Waals surface area (Å²) in [7, 11) is 3.26. The molecule has 1 amide bonds. The predicted molar refractivity (Wildman–Crippen MR) is 129 cm³/mol. The van der Waals surface area contributed by atoms with Crippen molar-refractivity contribution in [1.82, 2.24) is 0 Å². The fourth-order valence-electron chi connectivity index (χ4n) is 3.63. The molecule has 0 bridgehead atoms. The van der Waals surface area contributed by atoms with Crippen LogP contribution in [0.5, 0.6) is 11.5 Å². The van der Waals surface area contributed by atoms with Crippen molar-refractivity contribution in [3.8, 4) is 11.5 Å². The zero-order valence-corrected chi connectivity index (χ0v) is 18.9. The lowest BCUT2D eigenvalue weighted by molar-refractivity contribution is -0.112. The molecule has 1 heterocycles. The van der Waals surface area contributed by atoms with E-state index in [9.17, 15) is 9.90 Å². The Morgan fingerprint density at radius 1 is 0.938 bits per heavy atom. The number of hydrogen-bond acceptors (Lipinski definition) is 5. The number of anilines is 1. The molecule has 0 saturated carbocycles. The lowest BCUT2D eigenvalue weighted by atomic mass is 10.0. The first-order chi connectivity index (χ1) is 15.6. The van der Waals surface area contributed by atoms with Gasteiger partial charge in [0.2, 0.25) is 0 Å². The second kappa shape index (κ2) is 9.83. The number of aliphatic hydroxyl groups excluding tert-OH is 1. The molecule has 0 aliphatic carbocycles. The zero-order chi connectivity index (χ0) is 22.5. The Morgan fingerprint density at radius 3 is 2.38 bits per heavy atom. The highest BCUT2D eigenvalue weighted by Crippen LogP contribution is 2.36. The van der Waals surface area contributed by atoms with Crippen LogP contribution in [-0.2, 0) is 17.6 Å². The van der Waals surface area contributed by atoms with Crippen LogP contribution in [0.2, 0.25) is 0 Å².